The number of hydrogen-bond acceptors (Lipinski definition) is 5. The molecule has 0 saturated heterocycles. The first-order valence-corrected chi connectivity index (χ1v) is 7.26. The summed E-state index contributed by atoms with van der Waals surface area (Å²) in [7, 11) is 0. The summed E-state index contributed by atoms with van der Waals surface area (Å²) in [6.07, 6.45) is 0. The normalized spacial score (nSPS) is 10.5. The van der Waals surface area contributed by atoms with Gasteiger partial charge in [0.1, 0.15) is 0 Å². The van der Waals surface area contributed by atoms with E-state index in [9.17, 15) is 9.59 Å². The highest BCUT2D eigenvalue weighted by molar-refractivity contribution is 8.00. The maximum absolute atomic E-state index is 12.2. The summed E-state index contributed by atoms with van der Waals surface area (Å²) in [5.74, 6) is 0.150. The molecule has 1 aromatic heterocycles. The van der Waals surface area contributed by atoms with Crippen molar-refractivity contribution in [1.29, 1.82) is 0 Å². The van der Waals surface area contributed by atoms with Gasteiger partial charge in [-0.05, 0) is 20.8 Å². The molecule has 0 bridgehead atoms. The Morgan fingerprint density at radius 3 is 2.47 bits per heavy atom. The van der Waals surface area contributed by atoms with Gasteiger partial charge in [-0.2, -0.15) is 11.8 Å². The zero-order valence-electron chi connectivity index (χ0n) is 11.4. The van der Waals surface area contributed by atoms with E-state index in [1.165, 1.54) is 11.8 Å². The van der Waals surface area contributed by atoms with Crippen LogP contribution in [0.3, 0.4) is 0 Å². The number of ether oxygens (including phenoxy) is 1. The predicted octanol–water partition coefficient (Wildman–Crippen LogP) is 1.72. The second-order valence-electron chi connectivity index (χ2n) is 4.04. The lowest BCUT2D eigenvalue weighted by molar-refractivity contribution is 0.0522. The Bertz CT molecular complexity index is 467. The number of H-pyrrole nitrogens is 1. The van der Waals surface area contributed by atoms with Crippen LogP contribution in [0.1, 0.15) is 39.0 Å². The maximum Gasteiger partial charge on any atom is 0.340 e. The van der Waals surface area contributed by atoms with Gasteiger partial charge in [-0.15, -0.1) is 0 Å². The Hall–Kier alpha value is -1.27. The van der Waals surface area contributed by atoms with Crippen molar-refractivity contribution in [2.75, 3.05) is 24.7 Å². The average molecular weight is 285 g/mol. The Balaban J connectivity index is 2.98. The first kappa shape index (κ1) is 15.8. The van der Waals surface area contributed by atoms with E-state index in [0.29, 0.717) is 28.3 Å². The fourth-order valence-electron chi connectivity index (χ4n) is 1.89. The van der Waals surface area contributed by atoms with Crippen LogP contribution < -0.4 is 0 Å². The topological polar surface area (TPSA) is 79.4 Å². The minimum Gasteiger partial charge on any atom is -0.462 e. The molecule has 0 spiro atoms. The first-order valence-electron chi connectivity index (χ1n) is 6.11. The molecule has 2 N–H and O–H groups in total. The monoisotopic (exact) mass is 285 g/mol. The van der Waals surface area contributed by atoms with Crippen LogP contribution in [0.15, 0.2) is 0 Å². The van der Waals surface area contributed by atoms with E-state index in [4.69, 9.17) is 9.84 Å². The molecule has 0 aliphatic carbocycles. The number of thioether (sulfide) groups is 1. The Labute approximate surface area is 116 Å². The number of aromatic amines is 1. The highest BCUT2D eigenvalue weighted by Gasteiger charge is 2.24. The Morgan fingerprint density at radius 2 is 1.89 bits per heavy atom. The number of ketones is 1. The highest BCUT2D eigenvalue weighted by atomic mass is 32.2. The van der Waals surface area contributed by atoms with Gasteiger partial charge in [-0.3, -0.25) is 4.79 Å². The van der Waals surface area contributed by atoms with Crippen LogP contribution in [0.25, 0.3) is 0 Å². The van der Waals surface area contributed by atoms with E-state index in [2.05, 4.69) is 4.98 Å². The molecule has 0 fully saturated rings. The van der Waals surface area contributed by atoms with Crippen LogP contribution in [-0.4, -0.2) is 46.6 Å². The number of Topliss-reactive ketones (excluding diaryl/α,β-unsaturated/α-hetero) is 1. The molecular weight excluding hydrogens is 266 g/mol. The molecule has 0 unspecified atom stereocenters. The minimum atomic E-state index is -0.472. The molecule has 1 aromatic rings. The number of nitrogens with one attached hydrogen (secondary N) is 1. The van der Waals surface area contributed by atoms with Gasteiger partial charge in [0.25, 0.3) is 0 Å². The molecule has 0 aliphatic rings. The molecule has 6 heteroatoms. The third-order valence-electron chi connectivity index (χ3n) is 2.60. The predicted molar refractivity (Wildman–Crippen MR) is 75.0 cm³/mol. The average Bonchev–Trinajstić information content (AvgIpc) is 2.64. The van der Waals surface area contributed by atoms with Crippen LogP contribution in [0.5, 0.6) is 0 Å². The molecule has 0 amide bonds. The molecule has 19 heavy (non-hydrogen) atoms. The van der Waals surface area contributed by atoms with Crippen molar-refractivity contribution in [1.82, 2.24) is 4.98 Å². The third kappa shape index (κ3) is 3.84. The van der Waals surface area contributed by atoms with E-state index in [1.54, 1.807) is 20.8 Å². The summed E-state index contributed by atoms with van der Waals surface area (Å²) in [5.41, 5.74) is 2.05. The molecule has 0 aromatic carbocycles. The van der Waals surface area contributed by atoms with Gasteiger partial charge in [0, 0.05) is 17.1 Å². The maximum atomic E-state index is 12.2. The molecule has 1 rings (SSSR count). The summed E-state index contributed by atoms with van der Waals surface area (Å²) in [4.78, 5) is 27.1. The Kier molecular flexibility index (Phi) is 6.11. The zero-order chi connectivity index (χ0) is 14.4. The number of aryl methyl sites for hydroxylation is 2. The van der Waals surface area contributed by atoms with Crippen molar-refractivity contribution < 1.29 is 19.4 Å². The zero-order valence-corrected chi connectivity index (χ0v) is 12.2. The fraction of sp³-hybridized carbons (Fsp3) is 0.538. The van der Waals surface area contributed by atoms with Gasteiger partial charge in [-0.1, -0.05) is 0 Å². The van der Waals surface area contributed by atoms with E-state index >= 15 is 0 Å². The molecule has 5 nitrogen and oxygen atoms in total. The van der Waals surface area contributed by atoms with E-state index in [1.807, 2.05) is 0 Å². The molecule has 0 radical (unpaired) electrons. The van der Waals surface area contributed by atoms with Gasteiger partial charge in [0.15, 0.2) is 5.78 Å². The highest BCUT2D eigenvalue weighted by Crippen LogP contribution is 2.21. The van der Waals surface area contributed by atoms with Crippen LogP contribution in [0.4, 0.5) is 0 Å². The van der Waals surface area contributed by atoms with Crippen LogP contribution in [-0.2, 0) is 4.74 Å². The number of aliphatic hydroxyl groups is 1. The van der Waals surface area contributed by atoms with E-state index < -0.39 is 5.97 Å². The van der Waals surface area contributed by atoms with Gasteiger partial charge in [0.2, 0.25) is 0 Å². The van der Waals surface area contributed by atoms with Gasteiger partial charge in [0.05, 0.1) is 30.1 Å². The number of rotatable bonds is 7. The number of hydrogen-bond donors (Lipinski definition) is 2. The van der Waals surface area contributed by atoms with Gasteiger partial charge >= 0.3 is 5.97 Å². The minimum absolute atomic E-state index is 0.0355. The van der Waals surface area contributed by atoms with E-state index in [0.717, 1.165) is 0 Å². The van der Waals surface area contributed by atoms with Crippen molar-refractivity contribution in [3.8, 4) is 0 Å². The largest absolute Gasteiger partial charge is 0.462 e. The number of esters is 1. The number of carbonyl (C=O) groups excluding carboxylic acids is 2. The fourth-order valence-corrected chi connectivity index (χ4v) is 2.49. The smallest absolute Gasteiger partial charge is 0.340 e. The quantitative estimate of drug-likeness (QED) is 0.453. The number of carbonyl (C=O) groups is 2. The molecule has 1 heterocycles. The van der Waals surface area contributed by atoms with Crippen LogP contribution >= 0.6 is 11.8 Å². The molecule has 0 saturated carbocycles. The lowest BCUT2D eigenvalue weighted by atomic mass is 10.1. The summed E-state index contributed by atoms with van der Waals surface area (Å²) in [6.45, 7) is 5.55. The molecule has 0 atom stereocenters. The van der Waals surface area contributed by atoms with Crippen LogP contribution in [0, 0.1) is 13.8 Å². The summed E-state index contributed by atoms with van der Waals surface area (Å²) >= 11 is 1.34. The standard InChI is InChI=1S/C13H19NO4S/c1-4-18-13(17)12-9(3)14-8(2)11(12)10(16)7-19-6-5-15/h14-15H,4-7H2,1-3H3. The lowest BCUT2D eigenvalue weighted by Gasteiger charge is -2.05. The molecular formula is C13H19NO4S. The second kappa shape index (κ2) is 7.35. The van der Waals surface area contributed by atoms with Crippen LogP contribution in [0.2, 0.25) is 0 Å². The van der Waals surface area contributed by atoms with Gasteiger partial charge < -0.3 is 14.8 Å². The van der Waals surface area contributed by atoms with Crippen molar-refractivity contribution in [2.45, 2.75) is 20.8 Å². The van der Waals surface area contributed by atoms with Crippen molar-refractivity contribution in [3.05, 3.63) is 22.5 Å². The SMILES string of the molecule is CCOC(=O)c1c(C)[nH]c(C)c1C(=O)CSCCO. The summed E-state index contributed by atoms with van der Waals surface area (Å²) < 4.78 is 4.98. The van der Waals surface area contributed by atoms with Crippen molar-refractivity contribution >= 4 is 23.5 Å². The molecule has 106 valence electrons. The van der Waals surface area contributed by atoms with Gasteiger partial charge in [-0.25, -0.2) is 4.79 Å². The molecule has 0 aliphatic heterocycles. The summed E-state index contributed by atoms with van der Waals surface area (Å²) in [5, 5.41) is 8.71. The second-order valence-corrected chi connectivity index (χ2v) is 5.15. The lowest BCUT2D eigenvalue weighted by Crippen LogP contribution is -2.13. The summed E-state index contributed by atoms with van der Waals surface area (Å²) in [6, 6.07) is 0. The number of aliphatic hydroxyl groups excluding tert-OH is 1. The van der Waals surface area contributed by atoms with Crippen molar-refractivity contribution in [3.63, 3.8) is 0 Å². The third-order valence-corrected chi connectivity index (χ3v) is 3.54. The number of aromatic nitrogens is 1. The Morgan fingerprint density at radius 1 is 1.26 bits per heavy atom. The van der Waals surface area contributed by atoms with Crippen molar-refractivity contribution in [2.24, 2.45) is 0 Å². The van der Waals surface area contributed by atoms with E-state index in [-0.39, 0.29) is 24.7 Å². The first-order chi connectivity index (χ1) is 9.02.